The smallest absolute Gasteiger partial charge is 0.196 e. The Bertz CT molecular complexity index is 204. The van der Waals surface area contributed by atoms with Crippen molar-refractivity contribution in [3.63, 3.8) is 0 Å². The van der Waals surface area contributed by atoms with E-state index in [4.69, 9.17) is 5.26 Å². The van der Waals surface area contributed by atoms with E-state index in [0.717, 1.165) is 3.89 Å². The number of nitriles is 1. The van der Waals surface area contributed by atoms with Gasteiger partial charge in [0.2, 0.25) is 0 Å². The molecule has 1 fully saturated rings. The van der Waals surface area contributed by atoms with Crippen LogP contribution in [0, 0.1) is 10.7 Å². The molecule has 0 aromatic carbocycles. The molecule has 0 spiro atoms. The Balaban J connectivity index is 2.32. The predicted octanol–water partition coefficient (Wildman–Crippen LogP) is 3.70. The van der Waals surface area contributed by atoms with E-state index >= 15 is 0 Å². The van der Waals surface area contributed by atoms with Gasteiger partial charge in [-0.3, -0.25) is 0 Å². The molecule has 15 heavy (non-hydrogen) atoms. The summed E-state index contributed by atoms with van der Waals surface area (Å²) in [5.41, 5.74) is 0. The van der Waals surface area contributed by atoms with Crippen molar-refractivity contribution in [1.82, 2.24) is 0 Å². The number of quaternary nitrogens is 1. The summed E-state index contributed by atoms with van der Waals surface area (Å²) in [7, 11) is 0. The number of thiocyanates is 1. The van der Waals surface area contributed by atoms with Gasteiger partial charge < -0.3 is 0 Å². The van der Waals surface area contributed by atoms with Gasteiger partial charge in [0.15, 0.2) is 17.3 Å². The van der Waals surface area contributed by atoms with Crippen LogP contribution in [0.1, 0.15) is 51.9 Å². The van der Waals surface area contributed by atoms with Crippen LogP contribution in [0.25, 0.3) is 0 Å². The first-order valence-electron chi connectivity index (χ1n) is 6.27. The van der Waals surface area contributed by atoms with Crippen LogP contribution < -0.4 is 0 Å². The average molecular weight is 227 g/mol. The lowest BCUT2D eigenvalue weighted by molar-refractivity contribution is -0.800. The minimum atomic E-state index is 1.01. The van der Waals surface area contributed by atoms with Crippen molar-refractivity contribution in [2.75, 3.05) is 19.6 Å². The molecule has 0 atom stereocenters. The van der Waals surface area contributed by atoms with Crippen LogP contribution >= 0.6 is 11.9 Å². The molecule has 0 aromatic rings. The Morgan fingerprint density at radius 2 is 1.87 bits per heavy atom. The van der Waals surface area contributed by atoms with Crippen LogP contribution in [0.5, 0.6) is 0 Å². The van der Waals surface area contributed by atoms with E-state index in [1.165, 1.54) is 76.5 Å². The third kappa shape index (κ3) is 4.44. The Kier molecular flexibility index (Phi) is 6.12. The Labute approximate surface area is 98.4 Å². The topological polar surface area (TPSA) is 23.8 Å². The van der Waals surface area contributed by atoms with Gasteiger partial charge in [0.1, 0.15) is 0 Å². The number of rotatable bonds is 6. The van der Waals surface area contributed by atoms with Crippen molar-refractivity contribution in [3.8, 4) is 5.40 Å². The summed E-state index contributed by atoms with van der Waals surface area (Å²) in [6.45, 7) is 5.88. The highest BCUT2D eigenvalue weighted by Crippen LogP contribution is 2.29. The standard InChI is InChI=1S/C12H23N2S/c1-2-3-4-6-9-14(15-12-13)10-7-5-8-11-14/h2-11H2,1H3/q+1. The van der Waals surface area contributed by atoms with Gasteiger partial charge in [0, 0.05) is 0 Å². The van der Waals surface area contributed by atoms with Gasteiger partial charge in [-0.05, 0) is 32.1 Å². The fraction of sp³-hybridized carbons (Fsp3) is 0.917. The fourth-order valence-corrected chi connectivity index (χ4v) is 3.20. The highest BCUT2D eigenvalue weighted by atomic mass is 32.2. The zero-order valence-corrected chi connectivity index (χ0v) is 10.7. The normalized spacial score (nSPS) is 19.7. The minimum absolute atomic E-state index is 1.01. The maximum absolute atomic E-state index is 8.88. The Morgan fingerprint density at radius 1 is 1.13 bits per heavy atom. The molecule has 1 rings (SSSR count). The molecule has 0 aromatic heterocycles. The molecule has 3 heteroatoms. The number of nitrogens with zero attached hydrogens (tertiary/aromatic N) is 2. The molecular weight excluding hydrogens is 204 g/mol. The average Bonchev–Trinajstić information content (AvgIpc) is 2.26. The molecule has 0 aliphatic carbocycles. The summed E-state index contributed by atoms with van der Waals surface area (Å²) in [5, 5.41) is 11.2. The fourth-order valence-electron chi connectivity index (χ4n) is 2.36. The summed E-state index contributed by atoms with van der Waals surface area (Å²) < 4.78 is 1.01. The number of hydrogen-bond acceptors (Lipinski definition) is 2. The molecule has 1 aliphatic heterocycles. The second-order valence-electron chi connectivity index (χ2n) is 4.53. The maximum Gasteiger partial charge on any atom is 0.196 e. The Morgan fingerprint density at radius 3 is 2.47 bits per heavy atom. The Hall–Kier alpha value is -0.200. The predicted molar refractivity (Wildman–Crippen MR) is 66.1 cm³/mol. The molecule has 0 unspecified atom stereocenters. The molecule has 2 nitrogen and oxygen atoms in total. The van der Waals surface area contributed by atoms with Gasteiger partial charge >= 0.3 is 0 Å². The summed E-state index contributed by atoms with van der Waals surface area (Å²) in [6, 6.07) is 0. The minimum Gasteiger partial charge on any atom is -0.248 e. The lowest BCUT2D eigenvalue weighted by Crippen LogP contribution is -2.45. The van der Waals surface area contributed by atoms with Gasteiger partial charge in [-0.1, -0.05) is 19.8 Å². The van der Waals surface area contributed by atoms with Crippen LogP contribution in [0.3, 0.4) is 0 Å². The molecule has 1 heterocycles. The quantitative estimate of drug-likeness (QED) is 0.299. The molecule has 0 radical (unpaired) electrons. The first-order valence-corrected chi connectivity index (χ1v) is 7.04. The summed E-state index contributed by atoms with van der Waals surface area (Å²) in [6.07, 6.45) is 9.25. The summed E-state index contributed by atoms with van der Waals surface area (Å²) >= 11 is 1.50. The van der Waals surface area contributed by atoms with Crippen molar-refractivity contribution in [3.05, 3.63) is 0 Å². The molecule has 1 saturated heterocycles. The van der Waals surface area contributed by atoms with Gasteiger partial charge in [-0.15, -0.1) is 0 Å². The van der Waals surface area contributed by atoms with E-state index in [1.807, 2.05) is 0 Å². The second-order valence-corrected chi connectivity index (χ2v) is 5.67. The summed E-state index contributed by atoms with van der Waals surface area (Å²) in [4.78, 5) is 0. The molecule has 0 amide bonds. The van der Waals surface area contributed by atoms with E-state index < -0.39 is 0 Å². The lowest BCUT2D eigenvalue weighted by Gasteiger charge is -2.36. The van der Waals surface area contributed by atoms with Crippen LogP contribution in [0.15, 0.2) is 0 Å². The van der Waals surface area contributed by atoms with Crippen molar-refractivity contribution in [2.45, 2.75) is 51.9 Å². The highest BCUT2D eigenvalue weighted by Gasteiger charge is 2.31. The lowest BCUT2D eigenvalue weighted by atomic mass is 10.1. The van der Waals surface area contributed by atoms with Crippen LogP contribution in [0.4, 0.5) is 0 Å². The van der Waals surface area contributed by atoms with Crippen LogP contribution in [-0.4, -0.2) is 23.5 Å². The first-order chi connectivity index (χ1) is 7.33. The number of piperidine rings is 1. The molecule has 1 aliphatic rings. The number of unbranched alkanes of at least 4 members (excludes halogenated alkanes) is 3. The third-order valence-electron chi connectivity index (χ3n) is 3.28. The zero-order valence-electron chi connectivity index (χ0n) is 9.87. The van der Waals surface area contributed by atoms with E-state index in [-0.39, 0.29) is 0 Å². The van der Waals surface area contributed by atoms with Crippen molar-refractivity contribution < 1.29 is 3.89 Å². The van der Waals surface area contributed by atoms with Crippen LogP contribution in [-0.2, 0) is 0 Å². The van der Waals surface area contributed by atoms with E-state index in [9.17, 15) is 0 Å². The zero-order chi connectivity index (χ0) is 11.0. The third-order valence-corrected chi connectivity index (χ3v) is 4.30. The molecule has 0 saturated carbocycles. The number of hydrogen-bond donors (Lipinski definition) is 0. The van der Waals surface area contributed by atoms with Gasteiger partial charge in [-0.25, -0.2) is 3.89 Å². The van der Waals surface area contributed by atoms with E-state index in [0.29, 0.717) is 0 Å². The van der Waals surface area contributed by atoms with Gasteiger partial charge in [-0.2, -0.15) is 5.26 Å². The first kappa shape index (κ1) is 12.9. The summed E-state index contributed by atoms with van der Waals surface area (Å²) in [5.74, 6) is 0. The van der Waals surface area contributed by atoms with E-state index in [2.05, 4.69) is 12.3 Å². The number of likely N-dealkylation sites (tertiary alicyclic amines) is 1. The van der Waals surface area contributed by atoms with Crippen molar-refractivity contribution >= 4 is 11.9 Å². The largest absolute Gasteiger partial charge is 0.248 e. The SMILES string of the molecule is CCCCCC[N+]1(SC#N)CCCCC1. The van der Waals surface area contributed by atoms with Gasteiger partial charge in [0.05, 0.1) is 19.6 Å². The second kappa shape index (κ2) is 7.14. The van der Waals surface area contributed by atoms with Crippen molar-refractivity contribution in [2.24, 2.45) is 0 Å². The highest BCUT2D eigenvalue weighted by molar-refractivity contribution is 7.98. The van der Waals surface area contributed by atoms with Gasteiger partial charge in [0.25, 0.3) is 0 Å². The van der Waals surface area contributed by atoms with Crippen molar-refractivity contribution in [1.29, 1.82) is 5.26 Å². The molecular formula is C12H23N2S+. The maximum atomic E-state index is 8.88. The molecule has 0 bridgehead atoms. The van der Waals surface area contributed by atoms with E-state index in [1.54, 1.807) is 0 Å². The van der Waals surface area contributed by atoms with Crippen LogP contribution in [0.2, 0.25) is 0 Å². The monoisotopic (exact) mass is 227 g/mol. The molecule has 0 N–H and O–H groups in total. The molecule has 86 valence electrons.